The molecule has 0 saturated heterocycles. The minimum absolute atomic E-state index is 0.339. The second-order valence-corrected chi connectivity index (χ2v) is 5.20. The third-order valence-corrected chi connectivity index (χ3v) is 3.46. The first-order valence-corrected chi connectivity index (χ1v) is 7.77. The molecular formula is C15H29N5. The number of rotatable bonds is 9. The Morgan fingerprint density at radius 1 is 1.25 bits per heavy atom. The van der Waals surface area contributed by atoms with E-state index < -0.39 is 0 Å². The molecule has 0 fully saturated rings. The molecule has 0 bridgehead atoms. The molecule has 0 amide bonds. The summed E-state index contributed by atoms with van der Waals surface area (Å²) in [6.07, 6.45) is 4.48. The van der Waals surface area contributed by atoms with Crippen LogP contribution in [0.4, 0.5) is 17.6 Å². The van der Waals surface area contributed by atoms with Crippen molar-refractivity contribution in [2.24, 2.45) is 0 Å². The van der Waals surface area contributed by atoms with Crippen LogP contribution >= 0.6 is 0 Å². The molecule has 1 unspecified atom stereocenters. The van der Waals surface area contributed by atoms with E-state index in [1.165, 1.54) is 6.42 Å². The summed E-state index contributed by atoms with van der Waals surface area (Å²) in [6, 6.07) is 2.46. The molecule has 1 aromatic heterocycles. The summed E-state index contributed by atoms with van der Waals surface area (Å²) in [4.78, 5) is 11.0. The molecule has 0 radical (unpaired) electrons. The van der Waals surface area contributed by atoms with Gasteiger partial charge in [0.25, 0.3) is 0 Å². The van der Waals surface area contributed by atoms with Gasteiger partial charge in [0.05, 0.1) is 0 Å². The maximum Gasteiger partial charge on any atom is 0.223 e. The summed E-state index contributed by atoms with van der Waals surface area (Å²) < 4.78 is 0. The van der Waals surface area contributed by atoms with Crippen molar-refractivity contribution in [3.63, 3.8) is 0 Å². The van der Waals surface area contributed by atoms with Gasteiger partial charge in [0.15, 0.2) is 0 Å². The number of nitrogen functional groups attached to an aromatic ring is 1. The van der Waals surface area contributed by atoms with Crippen molar-refractivity contribution in [3.05, 3.63) is 6.07 Å². The van der Waals surface area contributed by atoms with E-state index in [-0.39, 0.29) is 0 Å². The van der Waals surface area contributed by atoms with Crippen LogP contribution in [0.25, 0.3) is 0 Å². The fourth-order valence-corrected chi connectivity index (χ4v) is 2.05. The van der Waals surface area contributed by atoms with Crippen LogP contribution in [0.3, 0.4) is 0 Å². The molecule has 0 saturated carbocycles. The molecule has 0 aliphatic rings. The van der Waals surface area contributed by atoms with E-state index in [0.717, 1.165) is 44.0 Å². The summed E-state index contributed by atoms with van der Waals surface area (Å²) >= 11 is 0. The normalized spacial score (nSPS) is 12.2. The lowest BCUT2D eigenvalue weighted by molar-refractivity contribution is 0.589. The van der Waals surface area contributed by atoms with Crippen molar-refractivity contribution in [2.45, 2.75) is 59.4 Å². The Balaban J connectivity index is 2.95. The predicted molar refractivity (Wildman–Crippen MR) is 87.2 cm³/mol. The van der Waals surface area contributed by atoms with Crippen molar-refractivity contribution < 1.29 is 0 Å². The lowest BCUT2D eigenvalue weighted by Crippen LogP contribution is -2.34. The Hall–Kier alpha value is -1.52. The van der Waals surface area contributed by atoms with Crippen LogP contribution in [0.5, 0.6) is 0 Å². The molecule has 0 aromatic carbocycles. The highest BCUT2D eigenvalue weighted by Crippen LogP contribution is 2.21. The highest BCUT2D eigenvalue weighted by molar-refractivity contribution is 5.53. The van der Waals surface area contributed by atoms with E-state index in [1.54, 1.807) is 0 Å². The largest absolute Gasteiger partial charge is 0.370 e. The van der Waals surface area contributed by atoms with Crippen LogP contribution < -0.4 is 16.0 Å². The van der Waals surface area contributed by atoms with Gasteiger partial charge in [-0.3, -0.25) is 0 Å². The number of hydrogen-bond acceptors (Lipinski definition) is 5. The first-order valence-electron chi connectivity index (χ1n) is 7.77. The molecule has 5 heteroatoms. The molecule has 1 heterocycles. The van der Waals surface area contributed by atoms with E-state index in [4.69, 9.17) is 5.73 Å². The average Bonchev–Trinajstić information content (AvgIpc) is 2.44. The number of hydrogen-bond donors (Lipinski definition) is 2. The third-order valence-electron chi connectivity index (χ3n) is 3.46. The predicted octanol–water partition coefficient (Wildman–Crippen LogP) is 3.29. The topological polar surface area (TPSA) is 67.1 Å². The Morgan fingerprint density at radius 3 is 2.60 bits per heavy atom. The van der Waals surface area contributed by atoms with Gasteiger partial charge in [-0.05, 0) is 26.2 Å². The standard InChI is InChI=1S/C15H29N5/c1-5-8-10-20(12(4)7-3)14-11-13(17-9-6-2)18-15(16)19-14/h11-12H,5-10H2,1-4H3,(H3,16,17,18,19). The minimum atomic E-state index is 0.339. The van der Waals surface area contributed by atoms with Gasteiger partial charge < -0.3 is 16.0 Å². The van der Waals surface area contributed by atoms with E-state index in [1.807, 2.05) is 6.07 Å². The summed E-state index contributed by atoms with van der Waals surface area (Å²) in [5, 5.41) is 3.29. The molecule has 5 nitrogen and oxygen atoms in total. The lowest BCUT2D eigenvalue weighted by atomic mass is 10.2. The third kappa shape index (κ3) is 4.87. The van der Waals surface area contributed by atoms with Crippen molar-refractivity contribution >= 4 is 17.6 Å². The minimum Gasteiger partial charge on any atom is -0.370 e. The van der Waals surface area contributed by atoms with E-state index in [2.05, 4.69) is 47.9 Å². The molecule has 1 rings (SSSR count). The van der Waals surface area contributed by atoms with Crippen molar-refractivity contribution in [1.82, 2.24) is 9.97 Å². The van der Waals surface area contributed by atoms with Gasteiger partial charge in [-0.15, -0.1) is 0 Å². The van der Waals surface area contributed by atoms with Crippen LogP contribution in [0.1, 0.15) is 53.4 Å². The average molecular weight is 279 g/mol. The van der Waals surface area contributed by atoms with Crippen LogP contribution in [0.15, 0.2) is 6.07 Å². The number of nitrogens with two attached hydrogens (primary N) is 1. The zero-order valence-electron chi connectivity index (χ0n) is 13.3. The molecule has 20 heavy (non-hydrogen) atoms. The molecular weight excluding hydrogens is 250 g/mol. The highest BCUT2D eigenvalue weighted by atomic mass is 15.2. The second-order valence-electron chi connectivity index (χ2n) is 5.20. The van der Waals surface area contributed by atoms with Crippen LogP contribution in [-0.4, -0.2) is 29.1 Å². The zero-order chi connectivity index (χ0) is 15.0. The number of nitrogens with zero attached hydrogens (tertiary/aromatic N) is 3. The lowest BCUT2D eigenvalue weighted by Gasteiger charge is -2.30. The van der Waals surface area contributed by atoms with Crippen molar-refractivity contribution in [1.29, 1.82) is 0 Å². The fourth-order valence-electron chi connectivity index (χ4n) is 2.05. The molecule has 3 N–H and O–H groups in total. The number of aromatic nitrogens is 2. The van der Waals surface area contributed by atoms with Gasteiger partial charge in [0, 0.05) is 25.2 Å². The highest BCUT2D eigenvalue weighted by Gasteiger charge is 2.15. The quantitative estimate of drug-likeness (QED) is 0.726. The maximum atomic E-state index is 5.85. The summed E-state index contributed by atoms with van der Waals surface area (Å²) in [5.74, 6) is 2.09. The smallest absolute Gasteiger partial charge is 0.223 e. The summed E-state index contributed by atoms with van der Waals surface area (Å²) in [7, 11) is 0. The van der Waals surface area contributed by atoms with Gasteiger partial charge in [0.1, 0.15) is 11.6 Å². The Morgan fingerprint density at radius 2 is 2.00 bits per heavy atom. The second kappa shape index (κ2) is 8.61. The molecule has 0 spiro atoms. The van der Waals surface area contributed by atoms with Gasteiger partial charge in [-0.2, -0.15) is 9.97 Å². The SMILES string of the molecule is CCCCN(c1cc(NCCC)nc(N)n1)C(C)CC. The van der Waals surface area contributed by atoms with E-state index >= 15 is 0 Å². The maximum absolute atomic E-state index is 5.85. The summed E-state index contributed by atoms with van der Waals surface area (Å²) in [6.45, 7) is 10.7. The fraction of sp³-hybridized carbons (Fsp3) is 0.733. The number of anilines is 3. The molecule has 114 valence electrons. The van der Waals surface area contributed by atoms with Crippen molar-refractivity contribution in [2.75, 3.05) is 29.0 Å². The molecule has 0 aliphatic heterocycles. The van der Waals surface area contributed by atoms with Crippen LogP contribution in [0, 0.1) is 0 Å². The van der Waals surface area contributed by atoms with Gasteiger partial charge in [0.2, 0.25) is 5.95 Å². The van der Waals surface area contributed by atoms with Crippen LogP contribution in [0.2, 0.25) is 0 Å². The number of unbranched alkanes of at least 4 members (excludes halogenated alkanes) is 1. The van der Waals surface area contributed by atoms with Gasteiger partial charge >= 0.3 is 0 Å². The Bertz CT molecular complexity index is 394. The Labute approximate surface area is 123 Å². The first kappa shape index (κ1) is 16.5. The summed E-state index contributed by atoms with van der Waals surface area (Å²) in [5.41, 5.74) is 5.85. The molecule has 1 aromatic rings. The Kier molecular flexibility index (Phi) is 7.12. The zero-order valence-corrected chi connectivity index (χ0v) is 13.3. The molecule has 0 aliphatic carbocycles. The van der Waals surface area contributed by atoms with Crippen LogP contribution in [-0.2, 0) is 0 Å². The van der Waals surface area contributed by atoms with Gasteiger partial charge in [-0.1, -0.05) is 27.2 Å². The number of nitrogens with one attached hydrogen (secondary N) is 1. The van der Waals surface area contributed by atoms with Crippen molar-refractivity contribution in [3.8, 4) is 0 Å². The first-order chi connectivity index (χ1) is 9.62. The molecule has 1 atom stereocenters. The van der Waals surface area contributed by atoms with E-state index in [9.17, 15) is 0 Å². The monoisotopic (exact) mass is 279 g/mol. The van der Waals surface area contributed by atoms with Gasteiger partial charge in [-0.25, -0.2) is 0 Å². The van der Waals surface area contributed by atoms with E-state index in [0.29, 0.717) is 12.0 Å².